The molecule has 0 saturated heterocycles. The Morgan fingerprint density at radius 2 is 2.21 bits per heavy atom. The van der Waals surface area contributed by atoms with Crippen LogP contribution in [0.25, 0.3) is 11.2 Å². The molecule has 74 valence electrons. The Balaban J connectivity index is 2.47. The number of aromatic nitrogens is 3. The van der Waals surface area contributed by atoms with Gasteiger partial charge in [-0.3, -0.25) is 0 Å². The Bertz CT molecular complexity index is 444. The first-order chi connectivity index (χ1) is 6.66. The summed E-state index contributed by atoms with van der Waals surface area (Å²) in [4.78, 5) is 8.52. The molecule has 4 heteroatoms. The van der Waals surface area contributed by atoms with Crippen LogP contribution in [0, 0.1) is 5.92 Å². The van der Waals surface area contributed by atoms with Gasteiger partial charge in [0.2, 0.25) is 0 Å². The van der Waals surface area contributed by atoms with Crippen LogP contribution in [0.3, 0.4) is 0 Å². The lowest BCUT2D eigenvalue weighted by Gasteiger charge is -2.05. The summed E-state index contributed by atoms with van der Waals surface area (Å²) in [6, 6.07) is 1.85. The van der Waals surface area contributed by atoms with Gasteiger partial charge in [0.15, 0.2) is 5.65 Å². The largest absolute Gasteiger partial charge is 0.397 e. The van der Waals surface area contributed by atoms with Gasteiger partial charge in [-0.15, -0.1) is 0 Å². The zero-order valence-electron chi connectivity index (χ0n) is 8.44. The topological polar surface area (TPSA) is 56.7 Å². The molecular formula is C10H14N4. The molecule has 0 fully saturated rings. The summed E-state index contributed by atoms with van der Waals surface area (Å²) < 4.78 is 2.06. The number of imidazole rings is 1. The van der Waals surface area contributed by atoms with Crippen LogP contribution >= 0.6 is 0 Å². The summed E-state index contributed by atoms with van der Waals surface area (Å²) >= 11 is 0. The van der Waals surface area contributed by atoms with Gasteiger partial charge in [-0.25, -0.2) is 9.97 Å². The SMILES string of the molecule is CC(C)Cn1cnc2cc(N)cnc21. The summed E-state index contributed by atoms with van der Waals surface area (Å²) in [6.07, 6.45) is 3.48. The number of hydrogen-bond donors (Lipinski definition) is 1. The molecule has 0 unspecified atom stereocenters. The zero-order valence-corrected chi connectivity index (χ0v) is 8.44. The average molecular weight is 190 g/mol. The minimum Gasteiger partial charge on any atom is -0.397 e. The molecule has 0 aliphatic rings. The second-order valence-electron chi connectivity index (χ2n) is 3.90. The van der Waals surface area contributed by atoms with Crippen LogP contribution in [-0.2, 0) is 6.54 Å². The predicted octanol–water partition coefficient (Wildman–Crippen LogP) is 1.67. The van der Waals surface area contributed by atoms with E-state index in [1.54, 1.807) is 6.20 Å². The van der Waals surface area contributed by atoms with Crippen LogP contribution in [0.4, 0.5) is 5.69 Å². The van der Waals surface area contributed by atoms with Crippen molar-refractivity contribution in [2.75, 3.05) is 5.73 Å². The summed E-state index contributed by atoms with van der Waals surface area (Å²) in [5.74, 6) is 0.590. The van der Waals surface area contributed by atoms with Gasteiger partial charge in [0, 0.05) is 6.54 Å². The lowest BCUT2D eigenvalue weighted by atomic mass is 10.2. The Hall–Kier alpha value is -1.58. The fraction of sp³-hybridized carbons (Fsp3) is 0.400. The molecule has 0 bridgehead atoms. The second-order valence-corrected chi connectivity index (χ2v) is 3.90. The van der Waals surface area contributed by atoms with E-state index in [-0.39, 0.29) is 0 Å². The van der Waals surface area contributed by atoms with Crippen LogP contribution < -0.4 is 5.73 Å². The smallest absolute Gasteiger partial charge is 0.159 e. The number of nitrogen functional groups attached to an aromatic ring is 1. The number of hydrogen-bond acceptors (Lipinski definition) is 3. The molecule has 2 aromatic heterocycles. The molecule has 0 saturated carbocycles. The van der Waals surface area contributed by atoms with Crippen molar-refractivity contribution in [2.45, 2.75) is 20.4 Å². The third-order valence-electron chi connectivity index (χ3n) is 2.04. The van der Waals surface area contributed by atoms with Gasteiger partial charge in [0.1, 0.15) is 5.52 Å². The van der Waals surface area contributed by atoms with Crippen molar-refractivity contribution in [1.82, 2.24) is 14.5 Å². The molecule has 0 spiro atoms. The molecule has 2 N–H and O–H groups in total. The molecule has 0 aromatic carbocycles. The third-order valence-corrected chi connectivity index (χ3v) is 2.04. The van der Waals surface area contributed by atoms with Gasteiger partial charge in [0.25, 0.3) is 0 Å². The molecule has 0 atom stereocenters. The van der Waals surface area contributed by atoms with E-state index in [0.717, 1.165) is 17.7 Å². The van der Waals surface area contributed by atoms with Crippen molar-refractivity contribution in [3.63, 3.8) is 0 Å². The first kappa shape index (κ1) is 8.99. The fourth-order valence-electron chi connectivity index (χ4n) is 1.49. The Morgan fingerprint density at radius 3 is 2.93 bits per heavy atom. The number of nitrogens with two attached hydrogens (primary N) is 1. The second kappa shape index (κ2) is 3.29. The quantitative estimate of drug-likeness (QED) is 0.783. The van der Waals surface area contributed by atoms with Gasteiger partial charge < -0.3 is 10.3 Å². The van der Waals surface area contributed by atoms with Crippen molar-refractivity contribution in [2.24, 2.45) is 5.92 Å². The van der Waals surface area contributed by atoms with E-state index in [4.69, 9.17) is 5.73 Å². The highest BCUT2D eigenvalue weighted by Gasteiger charge is 2.05. The van der Waals surface area contributed by atoms with Crippen LogP contribution in [0.5, 0.6) is 0 Å². The van der Waals surface area contributed by atoms with E-state index in [1.165, 1.54) is 0 Å². The van der Waals surface area contributed by atoms with Gasteiger partial charge in [-0.1, -0.05) is 13.8 Å². The zero-order chi connectivity index (χ0) is 10.1. The van der Waals surface area contributed by atoms with Crippen LogP contribution in [0.15, 0.2) is 18.6 Å². The van der Waals surface area contributed by atoms with E-state index in [9.17, 15) is 0 Å². The normalized spacial score (nSPS) is 11.4. The molecule has 2 rings (SSSR count). The van der Waals surface area contributed by atoms with E-state index in [2.05, 4.69) is 28.4 Å². The lowest BCUT2D eigenvalue weighted by Crippen LogP contribution is -2.03. The van der Waals surface area contributed by atoms with E-state index < -0.39 is 0 Å². The average Bonchev–Trinajstić information content (AvgIpc) is 2.47. The highest BCUT2D eigenvalue weighted by atomic mass is 15.1. The fourth-order valence-corrected chi connectivity index (χ4v) is 1.49. The van der Waals surface area contributed by atoms with Crippen molar-refractivity contribution < 1.29 is 0 Å². The molecule has 0 aliphatic carbocycles. The number of fused-ring (bicyclic) bond motifs is 1. The van der Waals surface area contributed by atoms with Crippen LogP contribution in [-0.4, -0.2) is 14.5 Å². The first-order valence-electron chi connectivity index (χ1n) is 4.73. The molecular weight excluding hydrogens is 176 g/mol. The number of anilines is 1. The maximum Gasteiger partial charge on any atom is 0.159 e. The number of rotatable bonds is 2. The van der Waals surface area contributed by atoms with Crippen LogP contribution in [0.2, 0.25) is 0 Å². The Morgan fingerprint density at radius 1 is 1.43 bits per heavy atom. The third kappa shape index (κ3) is 1.55. The molecule has 14 heavy (non-hydrogen) atoms. The Labute approximate surface area is 82.8 Å². The van der Waals surface area contributed by atoms with E-state index in [0.29, 0.717) is 11.6 Å². The van der Waals surface area contributed by atoms with Gasteiger partial charge in [-0.2, -0.15) is 0 Å². The highest BCUT2D eigenvalue weighted by Crippen LogP contribution is 2.14. The molecule has 4 nitrogen and oxygen atoms in total. The lowest BCUT2D eigenvalue weighted by molar-refractivity contribution is 0.530. The van der Waals surface area contributed by atoms with Crippen LogP contribution in [0.1, 0.15) is 13.8 Å². The summed E-state index contributed by atoms with van der Waals surface area (Å²) in [6.45, 7) is 5.28. The number of nitrogens with zero attached hydrogens (tertiary/aromatic N) is 3. The minimum atomic E-state index is 0.590. The van der Waals surface area contributed by atoms with Gasteiger partial charge in [-0.05, 0) is 12.0 Å². The van der Waals surface area contributed by atoms with Gasteiger partial charge in [0.05, 0.1) is 18.2 Å². The predicted molar refractivity (Wildman–Crippen MR) is 56.8 cm³/mol. The number of pyridine rings is 1. The van der Waals surface area contributed by atoms with Crippen molar-refractivity contribution in [3.05, 3.63) is 18.6 Å². The van der Waals surface area contributed by atoms with E-state index in [1.807, 2.05) is 12.4 Å². The summed E-state index contributed by atoms with van der Waals surface area (Å²) in [7, 11) is 0. The standard InChI is InChI=1S/C10H14N4/c1-7(2)5-14-6-13-9-3-8(11)4-12-10(9)14/h3-4,6-7H,5,11H2,1-2H3. The molecule has 2 heterocycles. The molecule has 0 amide bonds. The molecule has 2 aromatic rings. The van der Waals surface area contributed by atoms with Gasteiger partial charge >= 0.3 is 0 Å². The summed E-state index contributed by atoms with van der Waals surface area (Å²) in [5.41, 5.74) is 8.06. The Kier molecular flexibility index (Phi) is 2.11. The molecule has 0 aliphatic heterocycles. The maximum atomic E-state index is 5.62. The van der Waals surface area contributed by atoms with Crippen molar-refractivity contribution in [1.29, 1.82) is 0 Å². The minimum absolute atomic E-state index is 0.590. The van der Waals surface area contributed by atoms with Crippen molar-refractivity contribution in [3.8, 4) is 0 Å². The highest BCUT2D eigenvalue weighted by molar-refractivity contribution is 5.74. The maximum absolute atomic E-state index is 5.62. The van der Waals surface area contributed by atoms with Crippen molar-refractivity contribution >= 4 is 16.9 Å². The first-order valence-corrected chi connectivity index (χ1v) is 4.73. The summed E-state index contributed by atoms with van der Waals surface area (Å²) in [5, 5.41) is 0. The monoisotopic (exact) mass is 190 g/mol. The molecule has 0 radical (unpaired) electrons. The van der Waals surface area contributed by atoms with E-state index >= 15 is 0 Å².